The minimum Gasteiger partial charge on any atom is -0.497 e. The lowest BCUT2D eigenvalue weighted by Gasteiger charge is -2.35. The van der Waals surface area contributed by atoms with Gasteiger partial charge in [-0.1, -0.05) is 12.1 Å². The van der Waals surface area contributed by atoms with Gasteiger partial charge in [-0.25, -0.2) is 4.98 Å². The molecule has 156 valence electrons. The Labute approximate surface area is 175 Å². The van der Waals surface area contributed by atoms with Gasteiger partial charge in [-0.15, -0.1) is 0 Å². The lowest BCUT2D eigenvalue weighted by Crippen LogP contribution is -2.46. The smallest absolute Gasteiger partial charge is 0.195 e. The van der Waals surface area contributed by atoms with Crippen molar-refractivity contribution in [2.45, 2.75) is 26.3 Å². The molecule has 2 aromatic carbocycles. The predicted octanol–water partition coefficient (Wildman–Crippen LogP) is 3.73. The highest BCUT2D eigenvalue weighted by Crippen LogP contribution is 2.43. The number of imidazole rings is 1. The fraction of sp³-hybridized carbons (Fsp3) is 0.304. The van der Waals surface area contributed by atoms with E-state index in [2.05, 4.69) is 15.3 Å². The number of methoxy groups -OCH3 is 2. The highest BCUT2D eigenvalue weighted by atomic mass is 16.5. The SMILES string of the molecule is CCNC1=C(c2nc3ccccc3[nH]2)C(=O)C(C)(C)N1c1cc(OC)cc(OC)c1. The van der Waals surface area contributed by atoms with Crippen LogP contribution in [-0.4, -0.2) is 42.1 Å². The van der Waals surface area contributed by atoms with E-state index in [0.717, 1.165) is 16.7 Å². The average Bonchev–Trinajstić information content (AvgIpc) is 3.24. The first-order valence-electron chi connectivity index (χ1n) is 9.92. The zero-order valence-electron chi connectivity index (χ0n) is 17.9. The lowest BCUT2D eigenvalue weighted by molar-refractivity contribution is -0.116. The van der Waals surface area contributed by atoms with E-state index in [1.165, 1.54) is 0 Å². The Hall–Kier alpha value is -3.48. The van der Waals surface area contributed by atoms with Crippen LogP contribution in [0.5, 0.6) is 11.5 Å². The molecule has 30 heavy (non-hydrogen) atoms. The molecule has 4 rings (SSSR count). The van der Waals surface area contributed by atoms with Gasteiger partial charge < -0.3 is 24.7 Å². The number of aromatic amines is 1. The number of fused-ring (bicyclic) bond motifs is 1. The zero-order chi connectivity index (χ0) is 21.5. The average molecular weight is 406 g/mol. The largest absolute Gasteiger partial charge is 0.497 e. The van der Waals surface area contributed by atoms with Crippen LogP contribution in [0.1, 0.15) is 26.6 Å². The van der Waals surface area contributed by atoms with E-state index in [9.17, 15) is 4.79 Å². The fourth-order valence-electron chi connectivity index (χ4n) is 3.91. The Bertz CT molecular complexity index is 1090. The normalized spacial score (nSPS) is 15.8. The number of para-hydroxylation sites is 2. The number of H-pyrrole nitrogens is 1. The molecular formula is C23H26N4O3. The number of Topliss-reactive ketones (excluding diaryl/α,β-unsaturated/α-hetero) is 1. The maximum Gasteiger partial charge on any atom is 0.195 e. The topological polar surface area (TPSA) is 79.5 Å². The van der Waals surface area contributed by atoms with E-state index in [1.807, 2.05) is 68.1 Å². The number of carbonyl (C=O) groups excluding carboxylic acids is 1. The Morgan fingerprint density at radius 2 is 1.77 bits per heavy atom. The van der Waals surface area contributed by atoms with E-state index < -0.39 is 5.54 Å². The molecule has 2 heterocycles. The zero-order valence-corrected chi connectivity index (χ0v) is 17.9. The van der Waals surface area contributed by atoms with Crippen molar-refractivity contribution < 1.29 is 14.3 Å². The molecule has 1 aromatic heterocycles. The second-order valence-electron chi connectivity index (χ2n) is 7.65. The summed E-state index contributed by atoms with van der Waals surface area (Å²) < 4.78 is 10.9. The number of carbonyl (C=O) groups is 1. The second kappa shape index (κ2) is 7.40. The number of aromatic nitrogens is 2. The number of hydrogen-bond donors (Lipinski definition) is 2. The predicted molar refractivity (Wildman–Crippen MR) is 118 cm³/mol. The molecule has 0 saturated carbocycles. The third-order valence-corrected chi connectivity index (χ3v) is 5.37. The molecule has 0 fully saturated rings. The summed E-state index contributed by atoms with van der Waals surface area (Å²) in [5.41, 5.74) is 2.22. The monoisotopic (exact) mass is 406 g/mol. The first-order chi connectivity index (χ1) is 14.4. The summed E-state index contributed by atoms with van der Waals surface area (Å²) in [5.74, 6) is 2.56. The summed E-state index contributed by atoms with van der Waals surface area (Å²) in [5, 5.41) is 3.39. The van der Waals surface area contributed by atoms with Crippen LogP contribution in [-0.2, 0) is 4.79 Å². The molecule has 2 N–H and O–H groups in total. The van der Waals surface area contributed by atoms with Crippen LogP contribution in [0.3, 0.4) is 0 Å². The molecule has 7 heteroatoms. The number of ketones is 1. The fourth-order valence-corrected chi connectivity index (χ4v) is 3.91. The van der Waals surface area contributed by atoms with Crippen LogP contribution in [0.25, 0.3) is 16.6 Å². The standard InChI is InChI=1S/C23H26N4O3/c1-6-24-22-19(21-25-17-9-7-8-10-18(17)26-21)20(28)23(2,3)27(22)14-11-15(29-4)13-16(12-14)30-5/h7-13,24H,6H2,1-5H3,(H,25,26). The summed E-state index contributed by atoms with van der Waals surface area (Å²) in [6, 6.07) is 13.4. The Morgan fingerprint density at radius 3 is 2.37 bits per heavy atom. The van der Waals surface area contributed by atoms with Gasteiger partial charge in [0.2, 0.25) is 0 Å². The van der Waals surface area contributed by atoms with Gasteiger partial charge in [-0.2, -0.15) is 0 Å². The van der Waals surface area contributed by atoms with E-state index in [1.54, 1.807) is 14.2 Å². The molecule has 1 aliphatic rings. The van der Waals surface area contributed by atoms with Gasteiger partial charge in [-0.05, 0) is 32.9 Å². The van der Waals surface area contributed by atoms with Crippen LogP contribution in [0.4, 0.5) is 5.69 Å². The van der Waals surface area contributed by atoms with Gasteiger partial charge in [0, 0.05) is 24.7 Å². The van der Waals surface area contributed by atoms with Crippen LogP contribution < -0.4 is 19.7 Å². The number of rotatable bonds is 6. The molecule has 0 unspecified atom stereocenters. The van der Waals surface area contributed by atoms with E-state index in [0.29, 0.717) is 35.3 Å². The molecule has 0 aliphatic carbocycles. The Morgan fingerprint density at radius 1 is 1.10 bits per heavy atom. The summed E-state index contributed by atoms with van der Waals surface area (Å²) >= 11 is 0. The number of nitrogens with zero attached hydrogens (tertiary/aromatic N) is 2. The van der Waals surface area contributed by atoms with Crippen LogP contribution >= 0.6 is 0 Å². The molecule has 0 radical (unpaired) electrons. The van der Waals surface area contributed by atoms with Crippen molar-refractivity contribution in [3.05, 3.63) is 54.1 Å². The summed E-state index contributed by atoms with van der Waals surface area (Å²) in [4.78, 5) is 23.6. The first kappa shape index (κ1) is 19.8. The number of ether oxygens (including phenoxy) is 2. The summed E-state index contributed by atoms with van der Waals surface area (Å²) in [6.45, 7) is 6.48. The molecule has 0 amide bonds. The van der Waals surface area contributed by atoms with Crippen LogP contribution in [0.15, 0.2) is 48.3 Å². The highest BCUT2D eigenvalue weighted by Gasteiger charge is 2.48. The number of benzene rings is 2. The van der Waals surface area contributed by atoms with Gasteiger partial charge >= 0.3 is 0 Å². The van der Waals surface area contributed by atoms with Crippen LogP contribution in [0.2, 0.25) is 0 Å². The van der Waals surface area contributed by atoms with Gasteiger partial charge in [0.1, 0.15) is 34.3 Å². The van der Waals surface area contributed by atoms with Crippen molar-refractivity contribution in [3.8, 4) is 11.5 Å². The molecule has 1 aliphatic heterocycles. The van der Waals surface area contributed by atoms with Gasteiger partial charge in [0.25, 0.3) is 0 Å². The first-order valence-corrected chi connectivity index (χ1v) is 9.92. The molecular weight excluding hydrogens is 380 g/mol. The third-order valence-electron chi connectivity index (χ3n) is 5.37. The van der Waals surface area contributed by atoms with Crippen molar-refractivity contribution in [1.82, 2.24) is 15.3 Å². The van der Waals surface area contributed by atoms with Crippen molar-refractivity contribution in [2.75, 3.05) is 25.7 Å². The molecule has 0 spiro atoms. The van der Waals surface area contributed by atoms with Crippen molar-refractivity contribution >= 4 is 28.1 Å². The van der Waals surface area contributed by atoms with Gasteiger partial charge in [0.15, 0.2) is 5.78 Å². The molecule has 7 nitrogen and oxygen atoms in total. The quantitative estimate of drug-likeness (QED) is 0.649. The molecule has 3 aromatic rings. The lowest BCUT2D eigenvalue weighted by atomic mass is 9.95. The molecule has 0 saturated heterocycles. The maximum absolute atomic E-state index is 13.6. The van der Waals surface area contributed by atoms with E-state index in [-0.39, 0.29) is 5.78 Å². The number of nitrogens with one attached hydrogen (secondary N) is 2. The minimum absolute atomic E-state index is 0.0145. The van der Waals surface area contributed by atoms with Crippen LogP contribution in [0, 0.1) is 0 Å². The summed E-state index contributed by atoms with van der Waals surface area (Å²) in [6.07, 6.45) is 0. The van der Waals surface area contributed by atoms with Crippen molar-refractivity contribution in [3.63, 3.8) is 0 Å². The number of hydrogen-bond acceptors (Lipinski definition) is 6. The van der Waals surface area contributed by atoms with E-state index >= 15 is 0 Å². The van der Waals surface area contributed by atoms with Gasteiger partial charge in [0.05, 0.1) is 30.9 Å². The second-order valence-corrected chi connectivity index (χ2v) is 7.65. The molecule has 0 bridgehead atoms. The van der Waals surface area contributed by atoms with E-state index in [4.69, 9.17) is 9.47 Å². The van der Waals surface area contributed by atoms with Crippen molar-refractivity contribution in [1.29, 1.82) is 0 Å². The number of anilines is 1. The maximum atomic E-state index is 13.6. The highest BCUT2D eigenvalue weighted by molar-refractivity contribution is 6.29. The Balaban J connectivity index is 1.94. The third kappa shape index (κ3) is 3.07. The van der Waals surface area contributed by atoms with Gasteiger partial charge in [-0.3, -0.25) is 4.79 Å². The minimum atomic E-state index is -0.830. The Kier molecular flexibility index (Phi) is 4.89. The molecule has 0 atom stereocenters. The van der Waals surface area contributed by atoms with Crippen molar-refractivity contribution in [2.24, 2.45) is 0 Å². The summed E-state index contributed by atoms with van der Waals surface area (Å²) in [7, 11) is 3.22.